The molecule has 0 saturated carbocycles. The topological polar surface area (TPSA) is 93.1 Å². The molecule has 120 valence electrons. The summed E-state index contributed by atoms with van der Waals surface area (Å²) in [6.45, 7) is 4.00. The van der Waals surface area contributed by atoms with Crippen molar-refractivity contribution in [3.05, 3.63) is 0 Å². The van der Waals surface area contributed by atoms with Gasteiger partial charge in [0.05, 0.1) is 13.2 Å². The lowest BCUT2D eigenvalue weighted by Gasteiger charge is -2.14. The van der Waals surface area contributed by atoms with Crippen LogP contribution >= 0.6 is 23.8 Å². The lowest BCUT2D eigenvalue weighted by Crippen LogP contribution is -2.26. The van der Waals surface area contributed by atoms with Crippen LogP contribution in [0, 0.1) is 0 Å². The number of esters is 1. The zero-order chi connectivity index (χ0) is 15.6. The Balaban J connectivity index is 3.30. The lowest BCUT2D eigenvalue weighted by atomic mass is 10.1. The Kier molecular flexibility index (Phi) is 9.93. The minimum atomic E-state index is -4.31. The van der Waals surface area contributed by atoms with Crippen LogP contribution in [-0.4, -0.2) is 33.3 Å². The molecule has 0 aromatic heterocycles. The number of carbonyl (C=O) groups excluding carboxylic acids is 1. The number of hydrogen-bond donors (Lipinski definition) is 2. The molecule has 0 aliphatic carbocycles. The predicted octanol–water partition coefficient (Wildman–Crippen LogP) is 3.15. The SMILES string of the molecule is CC(C)(Br)C(=O)OCCCCCCCCOP(=O)(O)O. The first-order valence-electron chi connectivity index (χ1n) is 6.69. The molecule has 0 aromatic carbocycles. The Labute approximate surface area is 128 Å². The van der Waals surface area contributed by atoms with Crippen LogP contribution in [0.25, 0.3) is 0 Å². The largest absolute Gasteiger partial charge is 0.469 e. The van der Waals surface area contributed by atoms with Gasteiger partial charge in [0.1, 0.15) is 4.32 Å². The molecular formula is C12H24BrO6P. The van der Waals surface area contributed by atoms with Crippen molar-refractivity contribution in [2.24, 2.45) is 0 Å². The summed E-state index contributed by atoms with van der Waals surface area (Å²) >= 11 is 3.23. The molecule has 0 aliphatic rings. The minimum Gasteiger partial charge on any atom is -0.465 e. The fourth-order valence-corrected chi connectivity index (χ4v) is 1.91. The maximum absolute atomic E-state index is 11.4. The van der Waals surface area contributed by atoms with E-state index in [0.717, 1.165) is 32.1 Å². The molecule has 0 amide bonds. The molecule has 0 rings (SSSR count). The van der Waals surface area contributed by atoms with E-state index < -0.39 is 12.1 Å². The first kappa shape index (κ1) is 20.1. The van der Waals surface area contributed by atoms with Gasteiger partial charge in [-0.25, -0.2) is 4.57 Å². The van der Waals surface area contributed by atoms with Gasteiger partial charge in [-0.1, -0.05) is 41.6 Å². The van der Waals surface area contributed by atoms with Crippen LogP contribution in [0.15, 0.2) is 0 Å². The highest BCUT2D eigenvalue weighted by Crippen LogP contribution is 2.35. The number of ether oxygens (including phenoxy) is 1. The molecule has 8 heteroatoms. The van der Waals surface area contributed by atoms with E-state index in [9.17, 15) is 9.36 Å². The summed E-state index contributed by atoms with van der Waals surface area (Å²) in [5.74, 6) is -0.257. The number of phosphoric acid groups is 1. The Hall–Kier alpha value is 0.0600. The van der Waals surface area contributed by atoms with Crippen molar-refractivity contribution in [1.29, 1.82) is 0 Å². The summed E-state index contributed by atoms with van der Waals surface area (Å²) in [6, 6.07) is 0. The molecule has 0 aromatic rings. The molecule has 20 heavy (non-hydrogen) atoms. The molecule has 0 spiro atoms. The fourth-order valence-electron chi connectivity index (χ4n) is 1.43. The molecule has 0 saturated heterocycles. The van der Waals surface area contributed by atoms with Crippen LogP contribution < -0.4 is 0 Å². The van der Waals surface area contributed by atoms with Gasteiger partial charge in [0.15, 0.2) is 0 Å². The van der Waals surface area contributed by atoms with E-state index in [4.69, 9.17) is 14.5 Å². The van der Waals surface area contributed by atoms with Crippen molar-refractivity contribution in [3.8, 4) is 0 Å². The van der Waals surface area contributed by atoms with E-state index in [1.165, 1.54) is 0 Å². The van der Waals surface area contributed by atoms with Crippen molar-refractivity contribution in [2.75, 3.05) is 13.2 Å². The predicted molar refractivity (Wildman–Crippen MR) is 79.7 cm³/mol. The molecule has 2 N–H and O–H groups in total. The zero-order valence-corrected chi connectivity index (χ0v) is 14.5. The second kappa shape index (κ2) is 9.90. The van der Waals surface area contributed by atoms with Crippen LogP contribution in [0.3, 0.4) is 0 Å². The van der Waals surface area contributed by atoms with Crippen LogP contribution in [0.4, 0.5) is 0 Å². The third-order valence-electron chi connectivity index (χ3n) is 2.52. The van der Waals surface area contributed by atoms with Crippen molar-refractivity contribution in [1.82, 2.24) is 0 Å². The number of unbranched alkanes of at least 4 members (excludes halogenated alkanes) is 5. The van der Waals surface area contributed by atoms with Gasteiger partial charge in [-0.05, 0) is 26.7 Å². The quantitative estimate of drug-likeness (QED) is 0.249. The monoisotopic (exact) mass is 374 g/mol. The highest BCUT2D eigenvalue weighted by molar-refractivity contribution is 9.10. The molecule has 0 unspecified atom stereocenters. The number of hydrogen-bond acceptors (Lipinski definition) is 4. The van der Waals surface area contributed by atoms with Gasteiger partial charge in [-0.15, -0.1) is 0 Å². The molecule has 0 radical (unpaired) electrons. The summed E-state index contributed by atoms with van der Waals surface area (Å²) in [5, 5.41) is 0. The molecule has 0 fully saturated rings. The van der Waals surface area contributed by atoms with Crippen molar-refractivity contribution < 1.29 is 28.4 Å². The first-order valence-corrected chi connectivity index (χ1v) is 9.01. The molecule has 6 nitrogen and oxygen atoms in total. The Morgan fingerprint density at radius 1 is 1.05 bits per heavy atom. The second-order valence-electron chi connectivity index (χ2n) is 5.05. The zero-order valence-electron chi connectivity index (χ0n) is 12.0. The summed E-state index contributed by atoms with van der Waals surface area (Å²) in [4.78, 5) is 28.3. The van der Waals surface area contributed by atoms with Crippen LogP contribution in [0.1, 0.15) is 52.4 Å². The van der Waals surface area contributed by atoms with E-state index in [0.29, 0.717) is 13.0 Å². The van der Waals surface area contributed by atoms with E-state index >= 15 is 0 Å². The maximum atomic E-state index is 11.4. The van der Waals surface area contributed by atoms with Crippen LogP contribution in [0.2, 0.25) is 0 Å². The van der Waals surface area contributed by atoms with E-state index in [1.807, 2.05) is 0 Å². The van der Waals surface area contributed by atoms with E-state index in [1.54, 1.807) is 13.8 Å². The lowest BCUT2D eigenvalue weighted by molar-refractivity contribution is -0.145. The van der Waals surface area contributed by atoms with Crippen molar-refractivity contribution in [3.63, 3.8) is 0 Å². The van der Waals surface area contributed by atoms with Crippen molar-refractivity contribution in [2.45, 2.75) is 56.7 Å². The Bertz CT molecular complexity index is 322. The van der Waals surface area contributed by atoms with Gasteiger partial charge >= 0.3 is 13.8 Å². The molecule has 0 bridgehead atoms. The fraction of sp³-hybridized carbons (Fsp3) is 0.917. The maximum Gasteiger partial charge on any atom is 0.469 e. The summed E-state index contributed by atoms with van der Waals surface area (Å²) in [7, 11) is -4.31. The van der Waals surface area contributed by atoms with E-state index in [2.05, 4.69) is 20.5 Å². The van der Waals surface area contributed by atoms with Gasteiger partial charge in [0, 0.05) is 0 Å². The van der Waals surface area contributed by atoms with Gasteiger partial charge in [-0.3, -0.25) is 9.32 Å². The van der Waals surface area contributed by atoms with Gasteiger partial charge in [-0.2, -0.15) is 0 Å². The highest BCUT2D eigenvalue weighted by Gasteiger charge is 2.24. The molecular weight excluding hydrogens is 351 g/mol. The van der Waals surface area contributed by atoms with Gasteiger partial charge in [0.25, 0.3) is 0 Å². The first-order chi connectivity index (χ1) is 9.13. The minimum absolute atomic E-state index is 0.0855. The molecule has 0 atom stereocenters. The third-order valence-corrected chi connectivity index (χ3v) is 3.36. The highest BCUT2D eigenvalue weighted by atomic mass is 79.9. The Morgan fingerprint density at radius 2 is 1.50 bits per heavy atom. The van der Waals surface area contributed by atoms with Gasteiger partial charge < -0.3 is 14.5 Å². The smallest absolute Gasteiger partial charge is 0.465 e. The third kappa shape index (κ3) is 13.1. The Morgan fingerprint density at radius 3 is 1.95 bits per heavy atom. The molecule has 0 heterocycles. The van der Waals surface area contributed by atoms with Crippen molar-refractivity contribution >= 4 is 29.7 Å². The normalized spacial score (nSPS) is 12.4. The van der Waals surface area contributed by atoms with Crippen LogP contribution in [-0.2, 0) is 18.6 Å². The van der Waals surface area contributed by atoms with Crippen LogP contribution in [0.5, 0.6) is 0 Å². The summed E-state index contributed by atoms with van der Waals surface area (Å²) in [5.41, 5.74) is 0. The summed E-state index contributed by atoms with van der Waals surface area (Å²) in [6.07, 6.45) is 5.28. The van der Waals surface area contributed by atoms with E-state index in [-0.39, 0.29) is 12.6 Å². The standard InChI is InChI=1S/C12H24BrO6P/c1-12(2,13)11(14)18-9-7-5-3-4-6-8-10-19-20(15,16)17/h3-10H2,1-2H3,(H2,15,16,17). The average Bonchev–Trinajstić information content (AvgIpc) is 2.28. The number of phosphoric ester groups is 1. The number of halogens is 1. The summed E-state index contributed by atoms with van der Waals surface area (Å²) < 4.78 is 19.2. The van der Waals surface area contributed by atoms with Gasteiger partial charge in [0.2, 0.25) is 0 Å². The number of rotatable bonds is 11. The second-order valence-corrected chi connectivity index (χ2v) is 8.28. The number of alkyl halides is 1. The molecule has 0 aliphatic heterocycles. The average molecular weight is 375 g/mol. The number of carbonyl (C=O) groups is 1.